The van der Waals surface area contributed by atoms with E-state index in [1.165, 1.54) is 24.8 Å². The van der Waals surface area contributed by atoms with Crippen LogP contribution in [0.25, 0.3) is 0 Å². The van der Waals surface area contributed by atoms with E-state index >= 15 is 0 Å². The van der Waals surface area contributed by atoms with Crippen LogP contribution in [-0.2, 0) is 0 Å². The van der Waals surface area contributed by atoms with Gasteiger partial charge in [0.15, 0.2) is 11.5 Å². The second-order valence-corrected chi connectivity index (χ2v) is 6.98. The summed E-state index contributed by atoms with van der Waals surface area (Å²) in [4.78, 5) is 0.486. The summed E-state index contributed by atoms with van der Waals surface area (Å²) in [7, 11) is 0. The van der Waals surface area contributed by atoms with Crippen molar-refractivity contribution >= 4 is 15.9 Å². The molecule has 0 aromatic heterocycles. The lowest BCUT2D eigenvalue weighted by atomic mass is 10.0. The summed E-state index contributed by atoms with van der Waals surface area (Å²) in [6, 6.07) is 6.44. The number of fused-ring (bicyclic) bond motifs is 2. The van der Waals surface area contributed by atoms with Gasteiger partial charge in [-0.25, -0.2) is 0 Å². The Morgan fingerprint density at radius 2 is 1.74 bits per heavy atom. The average molecular weight is 323 g/mol. The van der Waals surface area contributed by atoms with Gasteiger partial charge in [-0.1, -0.05) is 28.4 Å². The lowest BCUT2D eigenvalue weighted by molar-refractivity contribution is 0.297. The minimum absolute atomic E-state index is 0.486. The molecule has 3 unspecified atom stereocenters. The third-order valence-electron chi connectivity index (χ3n) is 4.90. The number of ether oxygens (including phenoxy) is 2. The molecule has 1 heterocycles. The maximum Gasteiger partial charge on any atom is 0.161 e. The molecule has 2 saturated carbocycles. The Hall–Kier alpha value is -0.700. The normalized spacial score (nSPS) is 33.4. The fourth-order valence-electron chi connectivity index (χ4n) is 3.88. The number of alkyl halides is 1. The summed E-state index contributed by atoms with van der Waals surface area (Å²) in [6.07, 6.45) is 5.27. The third kappa shape index (κ3) is 2.06. The van der Waals surface area contributed by atoms with Gasteiger partial charge in [-0.3, -0.25) is 0 Å². The van der Waals surface area contributed by atoms with E-state index in [0.29, 0.717) is 4.83 Å². The first-order chi connectivity index (χ1) is 9.34. The third-order valence-corrected chi connectivity index (χ3v) is 6.04. The maximum atomic E-state index is 5.79. The number of rotatable bonds is 2. The van der Waals surface area contributed by atoms with Crippen LogP contribution in [0.1, 0.15) is 36.1 Å². The molecule has 0 spiro atoms. The first-order valence-corrected chi connectivity index (χ1v) is 8.30. The summed E-state index contributed by atoms with van der Waals surface area (Å²) in [5, 5.41) is 0. The molecule has 4 rings (SSSR count). The molecule has 0 saturated heterocycles. The highest BCUT2D eigenvalue weighted by atomic mass is 79.9. The van der Waals surface area contributed by atoms with Gasteiger partial charge in [-0.05, 0) is 48.3 Å². The van der Waals surface area contributed by atoms with Crippen molar-refractivity contribution < 1.29 is 9.47 Å². The molecule has 3 aliphatic rings. The zero-order valence-corrected chi connectivity index (χ0v) is 12.6. The minimum Gasteiger partial charge on any atom is -0.490 e. The zero-order valence-electron chi connectivity index (χ0n) is 11.0. The summed E-state index contributed by atoms with van der Waals surface area (Å²) < 4.78 is 11.5. The Labute approximate surface area is 122 Å². The van der Waals surface area contributed by atoms with Crippen molar-refractivity contribution in [3.8, 4) is 11.5 Å². The highest BCUT2D eigenvalue weighted by molar-refractivity contribution is 9.09. The average Bonchev–Trinajstić information content (AvgIpc) is 3.02. The molecule has 1 aromatic carbocycles. The van der Waals surface area contributed by atoms with Crippen molar-refractivity contribution in [2.75, 3.05) is 13.2 Å². The fraction of sp³-hybridized carbons (Fsp3) is 0.625. The second kappa shape index (κ2) is 4.69. The van der Waals surface area contributed by atoms with E-state index in [1.54, 1.807) is 0 Å². The number of benzene rings is 1. The Morgan fingerprint density at radius 3 is 2.53 bits per heavy atom. The van der Waals surface area contributed by atoms with Gasteiger partial charge in [0, 0.05) is 11.2 Å². The van der Waals surface area contributed by atoms with Crippen LogP contribution in [0.2, 0.25) is 0 Å². The van der Waals surface area contributed by atoms with Crippen LogP contribution < -0.4 is 9.47 Å². The molecule has 3 atom stereocenters. The number of halogens is 1. The lowest BCUT2D eigenvalue weighted by Crippen LogP contribution is -2.00. The van der Waals surface area contributed by atoms with Crippen LogP contribution in [0.4, 0.5) is 0 Å². The summed E-state index contributed by atoms with van der Waals surface area (Å²) in [5.41, 5.74) is 1.35. The molecule has 2 fully saturated rings. The van der Waals surface area contributed by atoms with Gasteiger partial charge in [0.25, 0.3) is 0 Å². The Bertz CT molecular complexity index is 478. The van der Waals surface area contributed by atoms with Crippen LogP contribution in [0.5, 0.6) is 11.5 Å². The van der Waals surface area contributed by atoms with Crippen LogP contribution in [-0.4, -0.2) is 13.2 Å². The maximum absolute atomic E-state index is 5.79. The summed E-state index contributed by atoms with van der Waals surface area (Å²) >= 11 is 3.92. The molecule has 19 heavy (non-hydrogen) atoms. The molecular weight excluding hydrogens is 304 g/mol. The van der Waals surface area contributed by atoms with Crippen molar-refractivity contribution in [3.05, 3.63) is 23.8 Å². The first kappa shape index (κ1) is 12.1. The van der Waals surface area contributed by atoms with Gasteiger partial charge in [0.05, 0.1) is 13.2 Å². The lowest BCUT2D eigenvalue weighted by Gasteiger charge is -2.15. The van der Waals surface area contributed by atoms with Gasteiger partial charge in [0.1, 0.15) is 0 Å². The van der Waals surface area contributed by atoms with E-state index in [2.05, 4.69) is 34.1 Å². The zero-order chi connectivity index (χ0) is 12.8. The van der Waals surface area contributed by atoms with Gasteiger partial charge >= 0.3 is 0 Å². The highest BCUT2D eigenvalue weighted by Crippen LogP contribution is 2.64. The van der Waals surface area contributed by atoms with Gasteiger partial charge in [-0.2, -0.15) is 0 Å². The SMILES string of the molecule is BrC(c1ccc2c(c1)OCCCO2)C1C2CCCC21. The fourth-order valence-corrected chi connectivity index (χ4v) is 4.95. The standard InChI is InChI=1S/C16H19BrO2/c17-16(15-11-3-1-4-12(11)15)10-5-6-13-14(9-10)19-8-2-7-18-13/h5-6,9,11-12,15-16H,1-4,7-8H2. The van der Waals surface area contributed by atoms with Crippen LogP contribution in [0.15, 0.2) is 18.2 Å². The molecule has 0 amide bonds. The van der Waals surface area contributed by atoms with Crippen molar-refractivity contribution in [2.45, 2.75) is 30.5 Å². The summed E-state index contributed by atoms with van der Waals surface area (Å²) in [5.74, 6) is 4.61. The molecular formula is C16H19BrO2. The molecule has 0 radical (unpaired) electrons. The molecule has 102 valence electrons. The Morgan fingerprint density at radius 1 is 1.00 bits per heavy atom. The van der Waals surface area contributed by atoms with Crippen LogP contribution >= 0.6 is 15.9 Å². The van der Waals surface area contributed by atoms with E-state index in [0.717, 1.165) is 48.9 Å². The minimum atomic E-state index is 0.486. The van der Waals surface area contributed by atoms with E-state index in [1.807, 2.05) is 0 Å². The van der Waals surface area contributed by atoms with E-state index in [4.69, 9.17) is 9.47 Å². The predicted molar refractivity (Wildman–Crippen MR) is 78.0 cm³/mol. The first-order valence-electron chi connectivity index (χ1n) is 7.38. The second-order valence-electron chi connectivity index (χ2n) is 5.99. The van der Waals surface area contributed by atoms with Crippen molar-refractivity contribution in [1.29, 1.82) is 0 Å². The van der Waals surface area contributed by atoms with Crippen LogP contribution in [0.3, 0.4) is 0 Å². The molecule has 2 aliphatic carbocycles. The predicted octanol–water partition coefficient (Wildman–Crippen LogP) is 4.33. The number of hydrogen-bond acceptors (Lipinski definition) is 2. The monoisotopic (exact) mass is 322 g/mol. The molecule has 3 heteroatoms. The molecule has 2 nitrogen and oxygen atoms in total. The van der Waals surface area contributed by atoms with Crippen molar-refractivity contribution in [2.24, 2.45) is 17.8 Å². The number of hydrogen-bond donors (Lipinski definition) is 0. The van der Waals surface area contributed by atoms with E-state index < -0.39 is 0 Å². The molecule has 0 N–H and O–H groups in total. The highest BCUT2D eigenvalue weighted by Gasteiger charge is 2.55. The largest absolute Gasteiger partial charge is 0.490 e. The van der Waals surface area contributed by atoms with Crippen molar-refractivity contribution in [1.82, 2.24) is 0 Å². The quantitative estimate of drug-likeness (QED) is 0.754. The van der Waals surface area contributed by atoms with Crippen molar-refractivity contribution in [3.63, 3.8) is 0 Å². The summed E-state index contributed by atoms with van der Waals surface area (Å²) in [6.45, 7) is 1.52. The van der Waals surface area contributed by atoms with Crippen LogP contribution in [0, 0.1) is 17.8 Å². The molecule has 1 aromatic rings. The van der Waals surface area contributed by atoms with Gasteiger partial charge < -0.3 is 9.47 Å². The molecule has 1 aliphatic heterocycles. The van der Waals surface area contributed by atoms with E-state index in [-0.39, 0.29) is 0 Å². The smallest absolute Gasteiger partial charge is 0.161 e. The molecule has 0 bridgehead atoms. The van der Waals surface area contributed by atoms with Gasteiger partial charge in [0.2, 0.25) is 0 Å². The Kier molecular flexibility index (Phi) is 2.98. The van der Waals surface area contributed by atoms with Gasteiger partial charge in [-0.15, -0.1) is 0 Å². The Balaban J connectivity index is 1.56. The topological polar surface area (TPSA) is 18.5 Å². The van der Waals surface area contributed by atoms with E-state index in [9.17, 15) is 0 Å².